The van der Waals surface area contributed by atoms with Gasteiger partial charge in [0.1, 0.15) is 0 Å². The van der Waals surface area contributed by atoms with Gasteiger partial charge in [-0.25, -0.2) is 0 Å². The van der Waals surface area contributed by atoms with Crippen molar-refractivity contribution >= 4 is 0 Å². The van der Waals surface area contributed by atoms with Crippen LogP contribution in [-0.4, -0.2) is 6.04 Å². The molecule has 1 heteroatoms. The van der Waals surface area contributed by atoms with E-state index in [1.165, 1.54) is 25.7 Å². The lowest BCUT2D eigenvalue weighted by Crippen LogP contribution is -2.34. The molecule has 1 saturated carbocycles. The van der Waals surface area contributed by atoms with Crippen LogP contribution in [0.2, 0.25) is 0 Å². The Bertz CT molecular complexity index is 130. The molecule has 1 rings (SSSR count). The van der Waals surface area contributed by atoms with Gasteiger partial charge in [0.15, 0.2) is 0 Å². The zero-order valence-corrected chi connectivity index (χ0v) is 8.77. The van der Waals surface area contributed by atoms with Gasteiger partial charge in [-0.05, 0) is 43.4 Å². The Morgan fingerprint density at radius 1 is 1.33 bits per heavy atom. The fourth-order valence-electron chi connectivity index (χ4n) is 2.18. The van der Waals surface area contributed by atoms with Crippen molar-refractivity contribution in [2.75, 3.05) is 0 Å². The molecule has 0 saturated heterocycles. The first-order valence-electron chi connectivity index (χ1n) is 5.31. The summed E-state index contributed by atoms with van der Waals surface area (Å²) in [7, 11) is 0. The third-order valence-corrected chi connectivity index (χ3v) is 3.46. The Morgan fingerprint density at radius 2 is 1.83 bits per heavy atom. The minimum absolute atomic E-state index is 0.459. The van der Waals surface area contributed by atoms with Crippen LogP contribution >= 0.6 is 0 Å². The molecule has 0 aromatic heterocycles. The molecule has 0 spiro atoms. The molecule has 0 unspecified atom stereocenters. The number of hydrogen-bond donors (Lipinski definition) is 1. The van der Waals surface area contributed by atoms with Crippen molar-refractivity contribution in [2.45, 2.75) is 58.9 Å². The van der Waals surface area contributed by atoms with Crippen LogP contribution in [-0.2, 0) is 0 Å². The van der Waals surface area contributed by atoms with E-state index in [1.54, 1.807) is 0 Å². The van der Waals surface area contributed by atoms with Crippen molar-refractivity contribution in [3.05, 3.63) is 0 Å². The first kappa shape index (κ1) is 10.0. The van der Waals surface area contributed by atoms with Crippen LogP contribution in [0.4, 0.5) is 0 Å². The third-order valence-electron chi connectivity index (χ3n) is 3.46. The second-order valence-corrected chi connectivity index (χ2v) is 5.07. The van der Waals surface area contributed by atoms with Crippen molar-refractivity contribution in [1.82, 2.24) is 0 Å². The molecule has 1 atom stereocenters. The van der Waals surface area contributed by atoms with Gasteiger partial charge in [-0.1, -0.05) is 20.8 Å². The Morgan fingerprint density at radius 3 is 2.25 bits per heavy atom. The highest BCUT2D eigenvalue weighted by atomic mass is 14.6. The summed E-state index contributed by atoms with van der Waals surface area (Å²) in [5, 5.41) is 0. The quantitative estimate of drug-likeness (QED) is 0.675. The van der Waals surface area contributed by atoms with Gasteiger partial charge in [0.25, 0.3) is 0 Å². The maximum atomic E-state index is 6.04. The Balaban J connectivity index is 2.36. The van der Waals surface area contributed by atoms with E-state index in [4.69, 9.17) is 5.73 Å². The van der Waals surface area contributed by atoms with Gasteiger partial charge in [0.05, 0.1) is 0 Å². The number of hydrogen-bond acceptors (Lipinski definition) is 1. The Hall–Kier alpha value is -0.0400. The van der Waals surface area contributed by atoms with Crippen molar-refractivity contribution in [3.63, 3.8) is 0 Å². The lowest BCUT2D eigenvalue weighted by molar-refractivity contribution is 0.172. The van der Waals surface area contributed by atoms with E-state index in [0.717, 1.165) is 12.3 Å². The zero-order valence-electron chi connectivity index (χ0n) is 8.77. The van der Waals surface area contributed by atoms with Crippen LogP contribution in [0.15, 0.2) is 0 Å². The van der Waals surface area contributed by atoms with Crippen LogP contribution < -0.4 is 5.73 Å². The van der Waals surface area contributed by atoms with E-state index in [0.29, 0.717) is 11.5 Å². The molecule has 0 amide bonds. The minimum Gasteiger partial charge on any atom is -0.327 e. The maximum Gasteiger partial charge on any atom is 0.00645 e. The molecule has 1 aliphatic carbocycles. The van der Waals surface area contributed by atoms with Gasteiger partial charge < -0.3 is 5.73 Å². The monoisotopic (exact) mass is 169 g/mol. The van der Waals surface area contributed by atoms with Gasteiger partial charge in [0.2, 0.25) is 0 Å². The van der Waals surface area contributed by atoms with E-state index < -0.39 is 0 Å². The zero-order chi connectivity index (χ0) is 9.19. The molecule has 0 heterocycles. The summed E-state index contributed by atoms with van der Waals surface area (Å²) in [5.74, 6) is 0.808. The molecule has 0 aliphatic heterocycles. The minimum atomic E-state index is 0.459. The van der Waals surface area contributed by atoms with Crippen molar-refractivity contribution < 1.29 is 0 Å². The average Bonchev–Trinajstić information content (AvgIpc) is 2.03. The number of rotatable bonds is 2. The van der Waals surface area contributed by atoms with Crippen molar-refractivity contribution in [1.29, 1.82) is 0 Å². The smallest absolute Gasteiger partial charge is 0.00645 e. The van der Waals surface area contributed by atoms with Crippen LogP contribution in [0.3, 0.4) is 0 Å². The maximum absolute atomic E-state index is 6.04. The van der Waals surface area contributed by atoms with Crippen LogP contribution in [0.5, 0.6) is 0 Å². The second kappa shape index (κ2) is 3.78. The molecule has 72 valence electrons. The highest BCUT2D eigenvalue weighted by Crippen LogP contribution is 2.39. The molecule has 1 aliphatic rings. The summed E-state index contributed by atoms with van der Waals surface area (Å²) >= 11 is 0. The molecular weight excluding hydrogens is 146 g/mol. The van der Waals surface area contributed by atoms with E-state index >= 15 is 0 Å². The summed E-state index contributed by atoms with van der Waals surface area (Å²) in [4.78, 5) is 0. The van der Waals surface area contributed by atoms with E-state index in [-0.39, 0.29) is 0 Å². The normalized spacial score (nSPS) is 27.0. The van der Waals surface area contributed by atoms with Crippen molar-refractivity contribution in [2.24, 2.45) is 17.1 Å². The van der Waals surface area contributed by atoms with Crippen molar-refractivity contribution in [3.8, 4) is 0 Å². The van der Waals surface area contributed by atoms with E-state index in [2.05, 4.69) is 20.8 Å². The third kappa shape index (κ3) is 2.48. The lowest BCUT2D eigenvalue weighted by Gasteiger charge is -2.36. The first-order valence-corrected chi connectivity index (χ1v) is 5.31. The summed E-state index contributed by atoms with van der Waals surface area (Å²) in [6, 6.07) is 0.459. The highest BCUT2D eigenvalue weighted by Gasteiger charge is 2.28. The van der Waals surface area contributed by atoms with Crippen LogP contribution in [0.25, 0.3) is 0 Å². The van der Waals surface area contributed by atoms with Gasteiger partial charge >= 0.3 is 0 Å². The van der Waals surface area contributed by atoms with Gasteiger partial charge in [-0.15, -0.1) is 0 Å². The molecule has 0 radical (unpaired) electrons. The predicted molar refractivity (Wildman–Crippen MR) is 54.0 cm³/mol. The van der Waals surface area contributed by atoms with Gasteiger partial charge in [-0.3, -0.25) is 0 Å². The highest BCUT2D eigenvalue weighted by molar-refractivity contribution is 4.82. The molecule has 0 bridgehead atoms. The lowest BCUT2D eigenvalue weighted by atomic mass is 9.71. The standard InChI is InChI=1S/C11H23N/c1-4-10(12)9-5-7-11(2,3)8-6-9/h9-10H,4-8,12H2,1-3H3/t10-/m1/s1. The Labute approximate surface area is 76.7 Å². The van der Waals surface area contributed by atoms with Gasteiger partial charge in [0, 0.05) is 6.04 Å². The molecule has 2 N–H and O–H groups in total. The molecule has 12 heavy (non-hydrogen) atoms. The summed E-state index contributed by atoms with van der Waals surface area (Å²) < 4.78 is 0. The van der Waals surface area contributed by atoms with Crippen LogP contribution in [0.1, 0.15) is 52.9 Å². The SMILES string of the molecule is CC[C@@H](N)C1CCC(C)(C)CC1. The topological polar surface area (TPSA) is 26.0 Å². The molecular formula is C11H23N. The fourth-order valence-corrected chi connectivity index (χ4v) is 2.18. The summed E-state index contributed by atoms with van der Waals surface area (Å²) in [5.41, 5.74) is 6.62. The summed E-state index contributed by atoms with van der Waals surface area (Å²) in [6.45, 7) is 6.95. The van der Waals surface area contributed by atoms with E-state index in [9.17, 15) is 0 Å². The number of nitrogens with two attached hydrogens (primary N) is 1. The van der Waals surface area contributed by atoms with Crippen LogP contribution in [0, 0.1) is 11.3 Å². The largest absolute Gasteiger partial charge is 0.327 e. The predicted octanol–water partition coefficient (Wildman–Crippen LogP) is 2.94. The second-order valence-electron chi connectivity index (χ2n) is 5.07. The molecule has 0 aromatic carbocycles. The average molecular weight is 169 g/mol. The Kier molecular flexibility index (Phi) is 3.16. The molecule has 0 aromatic rings. The fraction of sp³-hybridized carbons (Fsp3) is 1.00. The molecule has 1 fully saturated rings. The van der Waals surface area contributed by atoms with E-state index in [1.807, 2.05) is 0 Å². The molecule has 1 nitrogen and oxygen atoms in total. The first-order chi connectivity index (χ1) is 5.55. The van der Waals surface area contributed by atoms with Gasteiger partial charge in [-0.2, -0.15) is 0 Å². The summed E-state index contributed by atoms with van der Waals surface area (Å²) in [6.07, 6.45) is 6.58.